The van der Waals surface area contributed by atoms with E-state index in [-0.39, 0.29) is 30.3 Å². The Labute approximate surface area is 171 Å². The molecule has 7 nitrogen and oxygen atoms in total. The van der Waals surface area contributed by atoms with Gasteiger partial charge in [-0.15, -0.1) is 12.4 Å². The second-order valence-corrected chi connectivity index (χ2v) is 6.88. The fraction of sp³-hybridized carbons (Fsp3) is 0.450. The Morgan fingerprint density at radius 3 is 2.75 bits per heavy atom. The number of halogens is 1. The number of rotatable bonds is 7. The topological polar surface area (TPSA) is 93.2 Å². The molecule has 1 saturated heterocycles. The molecule has 0 bridgehead atoms. The predicted molar refractivity (Wildman–Crippen MR) is 111 cm³/mol. The Bertz CT molecular complexity index is 765. The van der Waals surface area contributed by atoms with E-state index >= 15 is 0 Å². The van der Waals surface area contributed by atoms with Crippen LogP contribution in [0.2, 0.25) is 0 Å². The van der Waals surface area contributed by atoms with E-state index in [1.165, 1.54) is 0 Å². The Morgan fingerprint density at radius 1 is 1.21 bits per heavy atom. The Kier molecular flexibility index (Phi) is 8.47. The molecule has 2 heterocycles. The van der Waals surface area contributed by atoms with Crippen LogP contribution in [0, 0.1) is 0 Å². The number of para-hydroxylation sites is 1. The van der Waals surface area contributed by atoms with E-state index in [0.717, 1.165) is 37.1 Å². The molecular formula is C20H28ClN5O2. The standard InChI is InChI=1S/C20H27N5O2.ClH/c21-10-9-19(26)22-14-18-8-4-5-11-24(18)20(27)12-16-13-23-25(15-16)17-6-2-1-3-7-17;/h1-3,6-7,13,15,18H,4-5,8-12,14,21H2,(H,22,26);1H. The summed E-state index contributed by atoms with van der Waals surface area (Å²) in [5, 5.41) is 7.26. The summed E-state index contributed by atoms with van der Waals surface area (Å²) in [6.45, 7) is 1.57. The zero-order valence-corrected chi connectivity index (χ0v) is 16.7. The lowest BCUT2D eigenvalue weighted by Crippen LogP contribution is -2.50. The summed E-state index contributed by atoms with van der Waals surface area (Å²) in [5.41, 5.74) is 7.27. The van der Waals surface area contributed by atoms with Gasteiger partial charge in [-0.05, 0) is 37.0 Å². The molecule has 0 saturated carbocycles. The largest absolute Gasteiger partial charge is 0.354 e. The minimum atomic E-state index is -0.0559. The number of piperidine rings is 1. The SMILES string of the molecule is Cl.NCCC(=O)NCC1CCCCN1C(=O)Cc1cnn(-c2ccccc2)c1. The van der Waals surface area contributed by atoms with E-state index < -0.39 is 0 Å². The van der Waals surface area contributed by atoms with Gasteiger partial charge in [-0.3, -0.25) is 9.59 Å². The number of aromatic nitrogens is 2. The number of benzene rings is 1. The first-order chi connectivity index (χ1) is 13.2. The number of likely N-dealkylation sites (tertiary alicyclic amines) is 1. The Balaban J connectivity index is 0.00000280. The van der Waals surface area contributed by atoms with Crippen molar-refractivity contribution in [3.05, 3.63) is 48.3 Å². The van der Waals surface area contributed by atoms with Crippen molar-refractivity contribution < 1.29 is 9.59 Å². The Hall–Kier alpha value is -2.38. The second kappa shape index (κ2) is 10.8. The summed E-state index contributed by atoms with van der Waals surface area (Å²) in [6.07, 6.45) is 7.27. The summed E-state index contributed by atoms with van der Waals surface area (Å²) >= 11 is 0. The van der Waals surface area contributed by atoms with Crippen LogP contribution in [-0.4, -0.2) is 52.2 Å². The van der Waals surface area contributed by atoms with E-state index in [1.807, 2.05) is 41.4 Å². The molecule has 0 aliphatic carbocycles. The van der Waals surface area contributed by atoms with Gasteiger partial charge in [0.15, 0.2) is 0 Å². The van der Waals surface area contributed by atoms with Crippen LogP contribution < -0.4 is 11.1 Å². The maximum atomic E-state index is 12.9. The van der Waals surface area contributed by atoms with Crippen molar-refractivity contribution in [2.24, 2.45) is 5.73 Å². The van der Waals surface area contributed by atoms with Crippen LogP contribution in [0.5, 0.6) is 0 Å². The van der Waals surface area contributed by atoms with E-state index in [1.54, 1.807) is 10.9 Å². The second-order valence-electron chi connectivity index (χ2n) is 6.88. The number of nitrogens with zero attached hydrogens (tertiary/aromatic N) is 3. The highest BCUT2D eigenvalue weighted by atomic mass is 35.5. The van der Waals surface area contributed by atoms with E-state index in [0.29, 0.717) is 25.9 Å². The van der Waals surface area contributed by atoms with Gasteiger partial charge in [-0.25, -0.2) is 4.68 Å². The molecular weight excluding hydrogens is 378 g/mol. The van der Waals surface area contributed by atoms with E-state index in [4.69, 9.17) is 5.73 Å². The van der Waals surface area contributed by atoms with Crippen LogP contribution in [0.25, 0.3) is 5.69 Å². The average Bonchev–Trinajstić information content (AvgIpc) is 3.16. The molecule has 2 amide bonds. The molecule has 8 heteroatoms. The average molecular weight is 406 g/mol. The maximum absolute atomic E-state index is 12.9. The molecule has 1 aliphatic rings. The minimum Gasteiger partial charge on any atom is -0.354 e. The normalized spacial score (nSPS) is 16.3. The summed E-state index contributed by atoms with van der Waals surface area (Å²) in [4.78, 5) is 26.4. The quantitative estimate of drug-likeness (QED) is 0.732. The van der Waals surface area contributed by atoms with Crippen molar-refractivity contribution in [3.63, 3.8) is 0 Å². The highest BCUT2D eigenvalue weighted by Crippen LogP contribution is 2.18. The van der Waals surface area contributed by atoms with Gasteiger partial charge in [0, 0.05) is 38.3 Å². The third-order valence-electron chi connectivity index (χ3n) is 4.87. The number of hydrogen-bond donors (Lipinski definition) is 2. The molecule has 1 unspecified atom stereocenters. The molecule has 3 N–H and O–H groups in total. The predicted octanol–water partition coefficient (Wildman–Crippen LogP) is 1.68. The number of carbonyl (C=O) groups excluding carboxylic acids is 2. The zero-order valence-electron chi connectivity index (χ0n) is 15.9. The molecule has 3 rings (SSSR count). The Morgan fingerprint density at radius 2 is 2.00 bits per heavy atom. The number of amides is 2. The van der Waals surface area contributed by atoms with Gasteiger partial charge >= 0.3 is 0 Å². The van der Waals surface area contributed by atoms with Crippen molar-refractivity contribution in [3.8, 4) is 5.69 Å². The fourth-order valence-corrected chi connectivity index (χ4v) is 3.44. The van der Waals surface area contributed by atoms with Crippen molar-refractivity contribution in [1.82, 2.24) is 20.0 Å². The number of nitrogens with two attached hydrogens (primary N) is 1. The zero-order chi connectivity index (χ0) is 19.1. The van der Waals surface area contributed by atoms with Crippen LogP contribution in [0.15, 0.2) is 42.7 Å². The van der Waals surface area contributed by atoms with Crippen LogP contribution in [0.1, 0.15) is 31.2 Å². The molecule has 1 aromatic carbocycles. The number of nitrogens with one attached hydrogen (secondary N) is 1. The maximum Gasteiger partial charge on any atom is 0.227 e. The molecule has 1 atom stereocenters. The van der Waals surface area contributed by atoms with Gasteiger partial charge in [0.2, 0.25) is 11.8 Å². The molecule has 152 valence electrons. The van der Waals surface area contributed by atoms with Crippen LogP contribution in [0.4, 0.5) is 0 Å². The van der Waals surface area contributed by atoms with Gasteiger partial charge in [0.25, 0.3) is 0 Å². The van der Waals surface area contributed by atoms with Gasteiger partial charge < -0.3 is 16.0 Å². The molecule has 1 aromatic heterocycles. The lowest BCUT2D eigenvalue weighted by Gasteiger charge is -2.36. The van der Waals surface area contributed by atoms with E-state index in [2.05, 4.69) is 10.4 Å². The first kappa shape index (κ1) is 21.9. The minimum absolute atomic E-state index is 0. The van der Waals surface area contributed by atoms with Gasteiger partial charge in [-0.2, -0.15) is 5.10 Å². The molecule has 2 aromatic rings. The third kappa shape index (κ3) is 5.81. The van der Waals surface area contributed by atoms with Crippen molar-refractivity contribution in [2.45, 2.75) is 38.1 Å². The number of hydrogen-bond acceptors (Lipinski definition) is 4. The lowest BCUT2D eigenvalue weighted by atomic mass is 10.0. The van der Waals surface area contributed by atoms with Crippen LogP contribution >= 0.6 is 12.4 Å². The molecule has 1 aliphatic heterocycles. The van der Waals surface area contributed by atoms with Gasteiger partial charge in [-0.1, -0.05) is 18.2 Å². The highest BCUT2D eigenvalue weighted by Gasteiger charge is 2.27. The van der Waals surface area contributed by atoms with E-state index in [9.17, 15) is 9.59 Å². The van der Waals surface area contributed by atoms with Crippen molar-refractivity contribution >= 4 is 24.2 Å². The highest BCUT2D eigenvalue weighted by molar-refractivity contribution is 5.85. The van der Waals surface area contributed by atoms with Gasteiger partial charge in [0.05, 0.1) is 18.3 Å². The fourth-order valence-electron chi connectivity index (χ4n) is 3.44. The first-order valence-corrected chi connectivity index (χ1v) is 9.52. The molecule has 28 heavy (non-hydrogen) atoms. The van der Waals surface area contributed by atoms with Crippen molar-refractivity contribution in [2.75, 3.05) is 19.6 Å². The molecule has 1 fully saturated rings. The van der Waals surface area contributed by atoms with Gasteiger partial charge in [0.1, 0.15) is 0 Å². The summed E-state index contributed by atoms with van der Waals surface area (Å²) < 4.78 is 1.78. The lowest BCUT2D eigenvalue weighted by molar-refractivity contribution is -0.134. The van der Waals surface area contributed by atoms with Crippen molar-refractivity contribution in [1.29, 1.82) is 0 Å². The number of carbonyl (C=O) groups is 2. The molecule has 0 spiro atoms. The summed E-state index contributed by atoms with van der Waals surface area (Å²) in [7, 11) is 0. The summed E-state index contributed by atoms with van der Waals surface area (Å²) in [6, 6.07) is 9.88. The van der Waals surface area contributed by atoms with Crippen LogP contribution in [0.3, 0.4) is 0 Å². The summed E-state index contributed by atoms with van der Waals surface area (Å²) in [5.74, 6) is 0.0278. The smallest absolute Gasteiger partial charge is 0.227 e. The third-order valence-corrected chi connectivity index (χ3v) is 4.87. The van der Waals surface area contributed by atoms with Crippen LogP contribution in [-0.2, 0) is 16.0 Å². The molecule has 0 radical (unpaired) electrons. The first-order valence-electron chi connectivity index (χ1n) is 9.52. The monoisotopic (exact) mass is 405 g/mol.